The van der Waals surface area contributed by atoms with E-state index in [0.717, 1.165) is 12.2 Å². The SMILES string of the molecule is Nc1ccc2c(c1)N(CCN1CCCC1)CCC2. The van der Waals surface area contributed by atoms with Crippen LogP contribution in [0.3, 0.4) is 0 Å². The molecule has 0 radical (unpaired) electrons. The highest BCUT2D eigenvalue weighted by Gasteiger charge is 2.18. The molecule has 0 unspecified atom stereocenters. The average molecular weight is 245 g/mol. The number of fused-ring (bicyclic) bond motifs is 1. The van der Waals surface area contributed by atoms with Crippen molar-refractivity contribution in [2.24, 2.45) is 0 Å². The van der Waals surface area contributed by atoms with Gasteiger partial charge in [0, 0.05) is 31.0 Å². The zero-order chi connectivity index (χ0) is 12.4. The molecule has 0 aliphatic carbocycles. The summed E-state index contributed by atoms with van der Waals surface area (Å²) in [4.78, 5) is 5.11. The van der Waals surface area contributed by atoms with E-state index >= 15 is 0 Å². The Labute approximate surface area is 110 Å². The zero-order valence-corrected chi connectivity index (χ0v) is 11.1. The van der Waals surface area contributed by atoms with Gasteiger partial charge < -0.3 is 15.5 Å². The maximum absolute atomic E-state index is 5.93. The molecule has 3 heteroatoms. The molecule has 2 aliphatic heterocycles. The number of nitrogens with zero attached hydrogens (tertiary/aromatic N) is 2. The predicted molar refractivity (Wildman–Crippen MR) is 77.1 cm³/mol. The lowest BCUT2D eigenvalue weighted by Crippen LogP contribution is -2.36. The molecule has 1 aromatic rings. The van der Waals surface area contributed by atoms with Crippen molar-refractivity contribution in [2.75, 3.05) is 43.4 Å². The van der Waals surface area contributed by atoms with E-state index in [9.17, 15) is 0 Å². The molecule has 0 atom stereocenters. The van der Waals surface area contributed by atoms with Crippen molar-refractivity contribution < 1.29 is 0 Å². The molecular weight excluding hydrogens is 222 g/mol. The molecule has 2 aliphatic rings. The van der Waals surface area contributed by atoms with E-state index < -0.39 is 0 Å². The van der Waals surface area contributed by atoms with Crippen LogP contribution in [0.15, 0.2) is 18.2 Å². The Kier molecular flexibility index (Phi) is 3.41. The van der Waals surface area contributed by atoms with Crippen molar-refractivity contribution in [1.29, 1.82) is 0 Å². The number of rotatable bonds is 3. The number of aryl methyl sites for hydroxylation is 1. The summed E-state index contributed by atoms with van der Waals surface area (Å²) in [6.45, 7) is 6.12. The van der Waals surface area contributed by atoms with E-state index in [0.29, 0.717) is 0 Å². The molecule has 0 amide bonds. The van der Waals surface area contributed by atoms with Gasteiger partial charge in [-0.25, -0.2) is 0 Å². The first-order chi connectivity index (χ1) is 8.83. The minimum atomic E-state index is 0.891. The number of anilines is 2. The van der Waals surface area contributed by atoms with E-state index in [4.69, 9.17) is 5.73 Å². The summed E-state index contributed by atoms with van der Waals surface area (Å²) in [5.41, 5.74) is 9.66. The van der Waals surface area contributed by atoms with Gasteiger partial charge in [0.25, 0.3) is 0 Å². The van der Waals surface area contributed by atoms with Crippen LogP contribution < -0.4 is 10.6 Å². The first kappa shape index (κ1) is 11.8. The van der Waals surface area contributed by atoms with Crippen molar-refractivity contribution in [1.82, 2.24) is 4.90 Å². The molecule has 0 bridgehead atoms. The van der Waals surface area contributed by atoms with Crippen molar-refractivity contribution in [3.8, 4) is 0 Å². The van der Waals surface area contributed by atoms with Crippen LogP contribution in [-0.4, -0.2) is 37.6 Å². The van der Waals surface area contributed by atoms with Crippen molar-refractivity contribution >= 4 is 11.4 Å². The molecule has 2 heterocycles. The predicted octanol–water partition coefficient (Wildman–Crippen LogP) is 2.12. The maximum Gasteiger partial charge on any atom is 0.0419 e. The van der Waals surface area contributed by atoms with E-state index in [-0.39, 0.29) is 0 Å². The van der Waals surface area contributed by atoms with Gasteiger partial charge >= 0.3 is 0 Å². The second-order valence-corrected chi connectivity index (χ2v) is 5.53. The van der Waals surface area contributed by atoms with Crippen LogP contribution in [-0.2, 0) is 6.42 Å². The molecule has 0 aromatic heterocycles. The van der Waals surface area contributed by atoms with Gasteiger partial charge in [0.1, 0.15) is 0 Å². The van der Waals surface area contributed by atoms with Crippen LogP contribution in [0, 0.1) is 0 Å². The Morgan fingerprint density at radius 3 is 2.67 bits per heavy atom. The molecule has 3 nitrogen and oxygen atoms in total. The summed E-state index contributed by atoms with van der Waals surface area (Å²) in [5.74, 6) is 0. The highest BCUT2D eigenvalue weighted by atomic mass is 15.2. The van der Waals surface area contributed by atoms with Gasteiger partial charge in [-0.1, -0.05) is 6.07 Å². The van der Waals surface area contributed by atoms with Crippen molar-refractivity contribution in [3.63, 3.8) is 0 Å². The maximum atomic E-state index is 5.93. The summed E-state index contributed by atoms with van der Waals surface area (Å²) >= 11 is 0. The Balaban J connectivity index is 1.68. The van der Waals surface area contributed by atoms with E-state index in [2.05, 4.69) is 21.9 Å². The lowest BCUT2D eigenvalue weighted by molar-refractivity contribution is 0.343. The second-order valence-electron chi connectivity index (χ2n) is 5.53. The van der Waals surface area contributed by atoms with Gasteiger partial charge in [0.05, 0.1) is 0 Å². The first-order valence-corrected chi connectivity index (χ1v) is 7.19. The highest BCUT2D eigenvalue weighted by Crippen LogP contribution is 2.28. The van der Waals surface area contributed by atoms with E-state index in [1.54, 1.807) is 0 Å². The van der Waals surface area contributed by atoms with Gasteiger partial charge in [-0.2, -0.15) is 0 Å². The molecule has 3 rings (SSSR count). The van der Waals surface area contributed by atoms with Crippen molar-refractivity contribution in [2.45, 2.75) is 25.7 Å². The summed E-state index contributed by atoms with van der Waals surface area (Å²) < 4.78 is 0. The van der Waals surface area contributed by atoms with E-state index in [1.165, 1.54) is 63.1 Å². The molecule has 1 fully saturated rings. The Bertz CT molecular complexity index is 410. The Hall–Kier alpha value is -1.22. The zero-order valence-electron chi connectivity index (χ0n) is 11.1. The third-order valence-electron chi connectivity index (χ3n) is 4.21. The topological polar surface area (TPSA) is 32.5 Å². The lowest BCUT2D eigenvalue weighted by atomic mass is 10.0. The molecule has 1 saturated heterocycles. The fraction of sp³-hybridized carbons (Fsp3) is 0.600. The quantitative estimate of drug-likeness (QED) is 0.828. The molecule has 1 aromatic carbocycles. The Morgan fingerprint density at radius 1 is 1.00 bits per heavy atom. The molecule has 2 N–H and O–H groups in total. The van der Waals surface area contributed by atoms with Crippen LogP contribution in [0.25, 0.3) is 0 Å². The molecule has 98 valence electrons. The summed E-state index contributed by atoms with van der Waals surface area (Å²) in [6.07, 6.45) is 5.24. The number of benzene rings is 1. The van der Waals surface area contributed by atoms with Crippen LogP contribution in [0.4, 0.5) is 11.4 Å². The standard InChI is InChI=1S/C15H23N3/c16-14-6-5-13-4-3-9-18(15(13)12-14)11-10-17-7-1-2-8-17/h5-6,12H,1-4,7-11,16H2. The molecule has 18 heavy (non-hydrogen) atoms. The van der Waals surface area contributed by atoms with Crippen LogP contribution in [0.1, 0.15) is 24.8 Å². The summed E-state index contributed by atoms with van der Waals surface area (Å²) in [6, 6.07) is 6.38. The normalized spacial score (nSPS) is 20.1. The monoisotopic (exact) mass is 245 g/mol. The minimum Gasteiger partial charge on any atom is -0.399 e. The van der Waals surface area contributed by atoms with Crippen molar-refractivity contribution in [3.05, 3.63) is 23.8 Å². The second kappa shape index (κ2) is 5.19. The van der Waals surface area contributed by atoms with Gasteiger partial charge in [-0.15, -0.1) is 0 Å². The number of hydrogen-bond acceptors (Lipinski definition) is 3. The lowest BCUT2D eigenvalue weighted by Gasteiger charge is -2.32. The fourth-order valence-electron chi connectivity index (χ4n) is 3.17. The van der Waals surface area contributed by atoms with Gasteiger partial charge in [-0.05, 0) is 56.5 Å². The average Bonchev–Trinajstić information content (AvgIpc) is 2.89. The third-order valence-corrected chi connectivity index (χ3v) is 4.21. The van der Waals surface area contributed by atoms with E-state index in [1.807, 2.05) is 6.07 Å². The smallest absolute Gasteiger partial charge is 0.0419 e. The number of nitrogen functional groups attached to an aromatic ring is 1. The van der Waals surface area contributed by atoms with Crippen LogP contribution in [0.2, 0.25) is 0 Å². The molecular formula is C15H23N3. The number of hydrogen-bond donors (Lipinski definition) is 1. The van der Waals surface area contributed by atoms with Gasteiger partial charge in [0.2, 0.25) is 0 Å². The number of nitrogens with two attached hydrogens (primary N) is 1. The fourth-order valence-corrected chi connectivity index (χ4v) is 3.17. The van der Waals surface area contributed by atoms with Gasteiger partial charge in [0.15, 0.2) is 0 Å². The summed E-state index contributed by atoms with van der Waals surface area (Å²) in [5, 5.41) is 0. The Morgan fingerprint density at radius 2 is 1.83 bits per heavy atom. The largest absolute Gasteiger partial charge is 0.399 e. The highest BCUT2D eigenvalue weighted by molar-refractivity contribution is 5.62. The minimum absolute atomic E-state index is 0.891. The molecule has 0 spiro atoms. The molecule has 0 saturated carbocycles. The van der Waals surface area contributed by atoms with Crippen LogP contribution in [0.5, 0.6) is 0 Å². The number of likely N-dealkylation sites (tertiary alicyclic amines) is 1. The van der Waals surface area contributed by atoms with Gasteiger partial charge in [-0.3, -0.25) is 0 Å². The van der Waals surface area contributed by atoms with Crippen LogP contribution >= 0.6 is 0 Å². The first-order valence-electron chi connectivity index (χ1n) is 7.19. The third kappa shape index (κ3) is 2.46. The summed E-state index contributed by atoms with van der Waals surface area (Å²) in [7, 11) is 0.